The zero-order chi connectivity index (χ0) is 21.6. The smallest absolute Gasteiger partial charge is 0.408 e. The van der Waals surface area contributed by atoms with Gasteiger partial charge in [-0.1, -0.05) is 0 Å². The number of carbonyl (C=O) groups excluding carboxylic acids is 2. The summed E-state index contributed by atoms with van der Waals surface area (Å²) in [4.78, 5) is 37.0. The molecule has 9 nitrogen and oxygen atoms in total. The lowest BCUT2D eigenvalue weighted by Crippen LogP contribution is -2.49. The minimum Gasteiger partial charge on any atom is -0.447 e. The van der Waals surface area contributed by atoms with Crippen molar-refractivity contribution in [2.75, 3.05) is 28.2 Å². The number of urea groups is 1. The van der Waals surface area contributed by atoms with Crippen LogP contribution in [0.5, 0.6) is 0 Å². The molecule has 0 radical (unpaired) electrons. The minimum absolute atomic E-state index is 0.189. The van der Waals surface area contributed by atoms with Crippen LogP contribution in [0.4, 0.5) is 35.3 Å². The number of fused-ring (bicyclic) bond motifs is 4. The average molecular weight is 424 g/mol. The van der Waals surface area contributed by atoms with Crippen molar-refractivity contribution < 1.29 is 27.2 Å². The fourth-order valence-electron chi connectivity index (χ4n) is 3.54. The van der Waals surface area contributed by atoms with Gasteiger partial charge in [0.1, 0.15) is 18.0 Å². The number of aryl methyl sites for hydroxylation is 1. The van der Waals surface area contributed by atoms with Crippen LogP contribution in [-0.4, -0.2) is 53.3 Å². The summed E-state index contributed by atoms with van der Waals surface area (Å²) in [7, 11) is 0. The normalized spacial score (nSPS) is 18.8. The maximum absolute atomic E-state index is 12.9. The Hall–Kier alpha value is -3.31. The van der Waals surface area contributed by atoms with Gasteiger partial charge in [-0.05, 0) is 25.5 Å². The van der Waals surface area contributed by atoms with E-state index in [1.807, 2.05) is 10.2 Å². The van der Waals surface area contributed by atoms with E-state index in [1.165, 1.54) is 17.2 Å². The molecule has 12 heteroatoms. The van der Waals surface area contributed by atoms with Crippen LogP contribution >= 0.6 is 0 Å². The first-order valence-electron chi connectivity index (χ1n) is 9.29. The fourth-order valence-corrected chi connectivity index (χ4v) is 3.54. The Morgan fingerprint density at radius 2 is 2.07 bits per heavy atom. The van der Waals surface area contributed by atoms with E-state index >= 15 is 0 Å². The SMILES string of the molecule is Cc1nc(NC(=O)N2c3nc(C(=O)N[C@H](C)C(F)(F)F)ccc3N3CC[C@H]2C3)co1. The quantitative estimate of drug-likeness (QED) is 0.785. The van der Waals surface area contributed by atoms with Crippen LogP contribution in [0.15, 0.2) is 22.8 Å². The van der Waals surface area contributed by atoms with Gasteiger partial charge < -0.3 is 14.6 Å². The summed E-state index contributed by atoms with van der Waals surface area (Å²) in [5.74, 6) is -0.142. The lowest BCUT2D eigenvalue weighted by molar-refractivity contribution is -0.149. The number of nitrogens with zero attached hydrogens (tertiary/aromatic N) is 4. The molecule has 2 aliphatic heterocycles. The number of rotatable bonds is 3. The number of halogens is 3. The Labute approximate surface area is 169 Å². The van der Waals surface area contributed by atoms with E-state index in [0.29, 0.717) is 31.1 Å². The van der Waals surface area contributed by atoms with E-state index in [1.54, 1.807) is 13.0 Å². The highest BCUT2D eigenvalue weighted by Crippen LogP contribution is 2.39. The summed E-state index contributed by atoms with van der Waals surface area (Å²) in [5.41, 5.74) is 0.429. The third kappa shape index (κ3) is 3.64. The second-order valence-electron chi connectivity index (χ2n) is 7.22. The topological polar surface area (TPSA) is 104 Å². The summed E-state index contributed by atoms with van der Waals surface area (Å²) >= 11 is 0. The number of oxazole rings is 1. The first-order valence-corrected chi connectivity index (χ1v) is 9.29. The van der Waals surface area contributed by atoms with Crippen LogP contribution in [0.2, 0.25) is 0 Å². The number of amides is 3. The van der Waals surface area contributed by atoms with Crippen LogP contribution in [0.1, 0.15) is 29.7 Å². The molecule has 2 aromatic heterocycles. The molecule has 2 aliphatic rings. The van der Waals surface area contributed by atoms with Gasteiger partial charge in [-0.25, -0.2) is 9.78 Å². The molecule has 1 fully saturated rings. The molecule has 0 spiro atoms. The number of nitrogens with one attached hydrogen (secondary N) is 2. The van der Waals surface area contributed by atoms with Crippen molar-refractivity contribution in [1.29, 1.82) is 0 Å². The van der Waals surface area contributed by atoms with Crippen LogP contribution < -0.4 is 20.4 Å². The van der Waals surface area contributed by atoms with Crippen LogP contribution in [0, 0.1) is 6.92 Å². The van der Waals surface area contributed by atoms with Gasteiger partial charge in [0.25, 0.3) is 5.91 Å². The zero-order valence-corrected chi connectivity index (χ0v) is 16.2. The Balaban J connectivity index is 1.62. The second kappa shape index (κ2) is 7.18. The van der Waals surface area contributed by atoms with Gasteiger partial charge >= 0.3 is 12.2 Å². The largest absolute Gasteiger partial charge is 0.447 e. The summed E-state index contributed by atoms with van der Waals surface area (Å²) in [6.45, 7) is 3.77. The van der Waals surface area contributed by atoms with E-state index < -0.39 is 24.2 Å². The molecule has 1 saturated heterocycles. The molecule has 4 rings (SSSR count). The Morgan fingerprint density at radius 3 is 2.73 bits per heavy atom. The van der Waals surface area contributed by atoms with Gasteiger partial charge in [0.05, 0.1) is 11.7 Å². The second-order valence-corrected chi connectivity index (χ2v) is 7.22. The minimum atomic E-state index is -4.57. The molecule has 2 N–H and O–H groups in total. The summed E-state index contributed by atoms with van der Waals surface area (Å²) in [5, 5.41) is 4.52. The number of alkyl halides is 3. The average Bonchev–Trinajstić information content (AvgIpc) is 3.27. The molecule has 30 heavy (non-hydrogen) atoms. The highest BCUT2D eigenvalue weighted by Gasteiger charge is 2.41. The van der Waals surface area contributed by atoms with Crippen molar-refractivity contribution in [3.8, 4) is 0 Å². The Morgan fingerprint density at radius 1 is 1.30 bits per heavy atom. The van der Waals surface area contributed by atoms with E-state index in [9.17, 15) is 22.8 Å². The lowest BCUT2D eigenvalue weighted by Gasteiger charge is -2.35. The van der Waals surface area contributed by atoms with Gasteiger partial charge in [0.2, 0.25) is 0 Å². The first kappa shape index (κ1) is 20.0. The third-order valence-electron chi connectivity index (χ3n) is 5.10. The molecule has 0 aliphatic carbocycles. The molecule has 160 valence electrons. The van der Waals surface area contributed by atoms with Crippen molar-refractivity contribution >= 4 is 29.3 Å². The summed E-state index contributed by atoms with van der Waals surface area (Å²) < 4.78 is 43.4. The van der Waals surface area contributed by atoms with Gasteiger partial charge in [0.15, 0.2) is 17.5 Å². The maximum Gasteiger partial charge on any atom is 0.408 e. The van der Waals surface area contributed by atoms with E-state index in [2.05, 4.69) is 15.3 Å². The van der Waals surface area contributed by atoms with Gasteiger partial charge in [0, 0.05) is 20.0 Å². The van der Waals surface area contributed by atoms with Crippen LogP contribution in [0.25, 0.3) is 0 Å². The molecule has 0 unspecified atom stereocenters. The van der Waals surface area contributed by atoms with E-state index in [-0.39, 0.29) is 23.4 Å². The van der Waals surface area contributed by atoms with Crippen LogP contribution in [0.3, 0.4) is 0 Å². The molecule has 2 bridgehead atoms. The van der Waals surface area contributed by atoms with E-state index in [4.69, 9.17) is 4.42 Å². The molecular formula is C18H19F3N6O3. The summed E-state index contributed by atoms with van der Waals surface area (Å²) in [6.07, 6.45) is -2.58. The number of carbonyl (C=O) groups is 2. The Kier molecular flexibility index (Phi) is 4.79. The molecule has 2 aromatic rings. The third-order valence-corrected chi connectivity index (χ3v) is 5.10. The number of aromatic nitrogens is 2. The Bertz CT molecular complexity index is 992. The summed E-state index contributed by atoms with van der Waals surface area (Å²) in [6, 6.07) is 0.220. The van der Waals surface area contributed by atoms with Crippen molar-refractivity contribution in [2.45, 2.75) is 38.5 Å². The molecule has 0 aromatic carbocycles. The van der Waals surface area contributed by atoms with Crippen molar-refractivity contribution in [1.82, 2.24) is 15.3 Å². The van der Waals surface area contributed by atoms with Gasteiger partial charge in [-0.15, -0.1) is 0 Å². The fraction of sp³-hybridized carbons (Fsp3) is 0.444. The van der Waals surface area contributed by atoms with Crippen molar-refractivity contribution in [3.63, 3.8) is 0 Å². The van der Waals surface area contributed by atoms with Gasteiger partial charge in [-0.3, -0.25) is 15.0 Å². The molecular weight excluding hydrogens is 405 g/mol. The highest BCUT2D eigenvalue weighted by molar-refractivity contribution is 6.04. The first-order chi connectivity index (χ1) is 14.1. The predicted molar refractivity (Wildman–Crippen MR) is 101 cm³/mol. The predicted octanol–water partition coefficient (Wildman–Crippen LogP) is 2.69. The van der Waals surface area contributed by atoms with E-state index in [0.717, 1.165) is 6.92 Å². The standard InChI is InChI=1S/C18H19F3N6O3/c1-9(18(19,20)21)22-16(28)12-3-4-13-15(24-12)27(11-5-6-26(13)7-11)17(29)25-14-8-30-10(2)23-14/h3-4,8-9,11H,5-7H2,1-2H3,(H,22,28)(H,25,29)/t9-,11+/m1/s1. The number of hydrogen-bond acceptors (Lipinski definition) is 6. The molecule has 0 saturated carbocycles. The molecule has 2 atom stereocenters. The van der Waals surface area contributed by atoms with Crippen LogP contribution in [-0.2, 0) is 0 Å². The van der Waals surface area contributed by atoms with Crippen molar-refractivity contribution in [2.24, 2.45) is 0 Å². The van der Waals surface area contributed by atoms with Crippen molar-refractivity contribution in [3.05, 3.63) is 30.0 Å². The maximum atomic E-state index is 12.9. The monoisotopic (exact) mass is 424 g/mol. The van der Waals surface area contributed by atoms with Gasteiger partial charge in [-0.2, -0.15) is 18.2 Å². The lowest BCUT2D eigenvalue weighted by atomic mass is 10.1. The number of pyridine rings is 1. The number of anilines is 3. The zero-order valence-electron chi connectivity index (χ0n) is 16.2. The highest BCUT2D eigenvalue weighted by atomic mass is 19.4. The molecule has 4 heterocycles. The molecule has 3 amide bonds. The number of hydrogen-bond donors (Lipinski definition) is 2.